The van der Waals surface area contributed by atoms with Gasteiger partial charge in [0.1, 0.15) is 0 Å². The Morgan fingerprint density at radius 2 is 1.33 bits per heavy atom. The second-order valence-corrected chi connectivity index (χ2v) is 4.09. The molecule has 2 aromatic carbocycles. The van der Waals surface area contributed by atoms with Crippen LogP contribution in [-0.4, -0.2) is 0 Å². The zero-order chi connectivity index (χ0) is 12.8. The van der Waals surface area contributed by atoms with Crippen LogP contribution in [0.25, 0.3) is 5.57 Å². The van der Waals surface area contributed by atoms with Gasteiger partial charge in [-0.3, -0.25) is 0 Å². The van der Waals surface area contributed by atoms with Gasteiger partial charge in [0, 0.05) is 5.57 Å². The number of hydrogen-bond donors (Lipinski definition) is 0. The molecule has 0 N–H and O–H groups in total. The summed E-state index contributed by atoms with van der Waals surface area (Å²) in [6, 6.07) is 18.5. The Kier molecular flexibility index (Phi) is 4.24. The van der Waals surface area contributed by atoms with Gasteiger partial charge in [0.15, 0.2) is 0 Å². The van der Waals surface area contributed by atoms with Crippen LogP contribution in [0.2, 0.25) is 0 Å². The minimum Gasteiger partial charge on any atom is -0.173 e. The van der Waals surface area contributed by atoms with Gasteiger partial charge in [0.05, 0.1) is 0 Å². The molecule has 0 nitrogen and oxygen atoms in total. The van der Waals surface area contributed by atoms with Gasteiger partial charge in [-0.1, -0.05) is 60.7 Å². The molecule has 0 fully saturated rings. The maximum absolute atomic E-state index is 13.0. The number of rotatable bonds is 4. The summed E-state index contributed by atoms with van der Waals surface area (Å²) in [5.41, 5.74) is 1.82. The summed E-state index contributed by atoms with van der Waals surface area (Å²) in [5, 5.41) is 0. The highest BCUT2D eigenvalue weighted by molar-refractivity contribution is 5.66. The van der Waals surface area contributed by atoms with Crippen molar-refractivity contribution in [2.75, 3.05) is 0 Å². The fraction of sp³-hybridized carbons (Fsp3) is 0.125. The Bertz CT molecular complexity index is 511. The molecule has 2 heteroatoms. The summed E-state index contributed by atoms with van der Waals surface area (Å²) in [5.74, 6) is 0. The van der Waals surface area contributed by atoms with E-state index in [2.05, 4.69) is 0 Å². The zero-order valence-corrected chi connectivity index (χ0v) is 9.94. The predicted molar refractivity (Wildman–Crippen MR) is 70.3 cm³/mol. The average molecular weight is 244 g/mol. The van der Waals surface area contributed by atoms with E-state index in [0.29, 0.717) is 18.4 Å². The van der Waals surface area contributed by atoms with E-state index >= 15 is 0 Å². The lowest BCUT2D eigenvalue weighted by Crippen LogP contribution is -1.91. The summed E-state index contributed by atoms with van der Waals surface area (Å²) in [4.78, 5) is 0. The molecular weight excluding hydrogens is 230 g/mol. The molecule has 92 valence electrons. The number of hydrogen-bond acceptors (Lipinski definition) is 0. The highest BCUT2D eigenvalue weighted by Gasteiger charge is 2.09. The minimum atomic E-state index is -1.59. The molecule has 0 aliphatic heterocycles. The molecule has 0 aromatic heterocycles. The Balaban J connectivity index is 2.13. The first kappa shape index (κ1) is 12.5. The van der Waals surface area contributed by atoms with Crippen LogP contribution < -0.4 is 0 Å². The van der Waals surface area contributed by atoms with Gasteiger partial charge in [0.2, 0.25) is 0 Å². The van der Waals surface area contributed by atoms with E-state index in [1.807, 2.05) is 36.4 Å². The SMILES string of the molecule is FC(F)=C(CCc1ccccc1)c1ccccc1. The number of aryl methyl sites for hydroxylation is 1. The van der Waals surface area contributed by atoms with Crippen LogP contribution in [0.5, 0.6) is 0 Å². The van der Waals surface area contributed by atoms with Crippen molar-refractivity contribution in [3.05, 3.63) is 77.9 Å². The monoisotopic (exact) mass is 244 g/mol. The fourth-order valence-electron chi connectivity index (χ4n) is 1.90. The standard InChI is InChI=1S/C16H14F2/c17-16(18)15(14-9-5-2-6-10-14)12-11-13-7-3-1-4-8-13/h1-10H,11-12H2. The van der Waals surface area contributed by atoms with Gasteiger partial charge in [-0.25, -0.2) is 0 Å². The zero-order valence-electron chi connectivity index (χ0n) is 9.94. The van der Waals surface area contributed by atoms with E-state index in [9.17, 15) is 8.78 Å². The lowest BCUT2D eigenvalue weighted by Gasteiger charge is -2.06. The van der Waals surface area contributed by atoms with Gasteiger partial charge >= 0.3 is 0 Å². The molecule has 2 aromatic rings. The first-order chi connectivity index (χ1) is 8.77. The lowest BCUT2D eigenvalue weighted by molar-refractivity contribution is 0.423. The summed E-state index contributed by atoms with van der Waals surface area (Å²) in [7, 11) is 0. The van der Waals surface area contributed by atoms with Gasteiger partial charge in [0.25, 0.3) is 6.08 Å². The summed E-state index contributed by atoms with van der Waals surface area (Å²) >= 11 is 0. The van der Waals surface area contributed by atoms with Gasteiger partial charge in [-0.2, -0.15) is 8.78 Å². The minimum absolute atomic E-state index is 0.138. The van der Waals surface area contributed by atoms with Crippen molar-refractivity contribution in [1.29, 1.82) is 0 Å². The van der Waals surface area contributed by atoms with Crippen LogP contribution in [0, 0.1) is 0 Å². The quantitative estimate of drug-likeness (QED) is 0.715. The van der Waals surface area contributed by atoms with Gasteiger partial charge < -0.3 is 0 Å². The third kappa shape index (κ3) is 3.27. The van der Waals surface area contributed by atoms with Crippen molar-refractivity contribution in [3.63, 3.8) is 0 Å². The first-order valence-corrected chi connectivity index (χ1v) is 5.91. The van der Waals surface area contributed by atoms with Crippen LogP contribution in [0.3, 0.4) is 0 Å². The summed E-state index contributed by atoms with van der Waals surface area (Å²) < 4.78 is 25.9. The van der Waals surface area contributed by atoms with Crippen LogP contribution in [0.15, 0.2) is 66.7 Å². The molecule has 0 aliphatic carbocycles. The predicted octanol–water partition coefficient (Wildman–Crippen LogP) is 4.93. The highest BCUT2D eigenvalue weighted by Crippen LogP contribution is 2.25. The van der Waals surface area contributed by atoms with Crippen LogP contribution in [-0.2, 0) is 6.42 Å². The molecule has 18 heavy (non-hydrogen) atoms. The summed E-state index contributed by atoms with van der Waals surface area (Å²) in [6.07, 6.45) is -0.601. The van der Waals surface area contributed by atoms with E-state index in [-0.39, 0.29) is 5.57 Å². The fourth-order valence-corrected chi connectivity index (χ4v) is 1.90. The number of benzene rings is 2. The van der Waals surface area contributed by atoms with E-state index in [4.69, 9.17) is 0 Å². The maximum atomic E-state index is 13.0. The molecule has 0 bridgehead atoms. The van der Waals surface area contributed by atoms with Gasteiger partial charge in [-0.05, 0) is 24.0 Å². The smallest absolute Gasteiger partial charge is 0.173 e. The van der Waals surface area contributed by atoms with Crippen molar-refractivity contribution in [3.8, 4) is 0 Å². The molecule has 0 aliphatic rings. The molecule has 0 heterocycles. The third-order valence-corrected chi connectivity index (χ3v) is 2.86. The Morgan fingerprint density at radius 1 is 0.778 bits per heavy atom. The molecule has 0 amide bonds. The molecule has 2 rings (SSSR count). The van der Waals surface area contributed by atoms with Crippen LogP contribution >= 0.6 is 0 Å². The number of halogens is 2. The molecule has 0 radical (unpaired) electrons. The van der Waals surface area contributed by atoms with E-state index in [1.54, 1.807) is 24.3 Å². The van der Waals surface area contributed by atoms with Gasteiger partial charge in [-0.15, -0.1) is 0 Å². The Morgan fingerprint density at radius 3 is 1.89 bits per heavy atom. The average Bonchev–Trinajstić information content (AvgIpc) is 2.41. The molecule has 0 saturated carbocycles. The van der Waals surface area contributed by atoms with E-state index < -0.39 is 6.08 Å². The van der Waals surface area contributed by atoms with Crippen molar-refractivity contribution in [2.24, 2.45) is 0 Å². The lowest BCUT2D eigenvalue weighted by atomic mass is 9.99. The summed E-state index contributed by atoms with van der Waals surface area (Å²) in [6.45, 7) is 0. The first-order valence-electron chi connectivity index (χ1n) is 5.91. The van der Waals surface area contributed by atoms with Crippen LogP contribution in [0.1, 0.15) is 17.5 Å². The second-order valence-electron chi connectivity index (χ2n) is 4.09. The van der Waals surface area contributed by atoms with Crippen molar-refractivity contribution in [2.45, 2.75) is 12.8 Å². The second kappa shape index (κ2) is 6.10. The van der Waals surface area contributed by atoms with E-state index in [1.165, 1.54) is 0 Å². The third-order valence-electron chi connectivity index (χ3n) is 2.86. The number of allylic oxidation sites excluding steroid dienone is 1. The molecule has 0 atom stereocenters. The molecular formula is C16H14F2. The normalized spacial score (nSPS) is 10.1. The Labute approximate surface area is 106 Å². The molecule has 0 spiro atoms. The largest absolute Gasteiger partial charge is 0.274 e. The van der Waals surface area contributed by atoms with Crippen molar-refractivity contribution < 1.29 is 8.78 Å². The van der Waals surface area contributed by atoms with Crippen molar-refractivity contribution in [1.82, 2.24) is 0 Å². The van der Waals surface area contributed by atoms with Crippen LogP contribution in [0.4, 0.5) is 8.78 Å². The maximum Gasteiger partial charge on any atom is 0.274 e. The van der Waals surface area contributed by atoms with E-state index in [0.717, 1.165) is 5.56 Å². The van der Waals surface area contributed by atoms with Crippen molar-refractivity contribution >= 4 is 5.57 Å². The molecule has 0 saturated heterocycles. The highest BCUT2D eigenvalue weighted by atomic mass is 19.3. The topological polar surface area (TPSA) is 0 Å². The Hall–Kier alpha value is -1.96. The molecule has 0 unspecified atom stereocenters.